The van der Waals surface area contributed by atoms with Crippen LogP contribution >= 0.6 is 0 Å². The molecular formula is C10H18O2. The van der Waals surface area contributed by atoms with Crippen LogP contribution in [0.15, 0.2) is 0 Å². The first-order valence-corrected chi connectivity index (χ1v) is 4.89. The number of hydrogen-bond acceptors (Lipinski definition) is 2. The van der Waals surface area contributed by atoms with E-state index in [-0.39, 0.29) is 6.10 Å². The molecule has 2 bridgehead atoms. The normalized spacial score (nSPS) is 50.0. The lowest BCUT2D eigenvalue weighted by molar-refractivity contribution is -0.370. The van der Waals surface area contributed by atoms with Crippen molar-refractivity contribution in [2.24, 2.45) is 23.2 Å². The van der Waals surface area contributed by atoms with Crippen LogP contribution in [0.5, 0.6) is 0 Å². The molecule has 0 spiro atoms. The summed E-state index contributed by atoms with van der Waals surface area (Å²) in [6.45, 7) is 6.87. The summed E-state index contributed by atoms with van der Waals surface area (Å²) in [6, 6.07) is 0. The fourth-order valence-corrected chi connectivity index (χ4v) is 3.58. The van der Waals surface area contributed by atoms with Gasteiger partial charge in [0.05, 0.1) is 6.10 Å². The van der Waals surface area contributed by atoms with Crippen molar-refractivity contribution in [1.82, 2.24) is 0 Å². The predicted molar refractivity (Wildman–Crippen MR) is 46.7 cm³/mol. The van der Waals surface area contributed by atoms with Gasteiger partial charge in [0.25, 0.3) is 0 Å². The van der Waals surface area contributed by atoms with E-state index in [0.29, 0.717) is 23.2 Å². The van der Waals surface area contributed by atoms with E-state index in [1.807, 2.05) is 0 Å². The van der Waals surface area contributed by atoms with E-state index in [2.05, 4.69) is 25.7 Å². The zero-order valence-electron chi connectivity index (χ0n) is 8.08. The van der Waals surface area contributed by atoms with Crippen LogP contribution in [-0.2, 0) is 4.89 Å². The Balaban J connectivity index is 2.18. The smallest absolute Gasteiger partial charge is 0.0996 e. The van der Waals surface area contributed by atoms with Gasteiger partial charge >= 0.3 is 0 Å². The molecule has 70 valence electrons. The van der Waals surface area contributed by atoms with Crippen LogP contribution in [0.1, 0.15) is 33.6 Å². The lowest BCUT2D eigenvalue weighted by atomic mass is 9.44. The van der Waals surface area contributed by atoms with Gasteiger partial charge in [0.2, 0.25) is 0 Å². The summed E-state index contributed by atoms with van der Waals surface area (Å²) in [5, 5.41) is 8.74. The molecule has 3 aliphatic carbocycles. The van der Waals surface area contributed by atoms with Gasteiger partial charge in [-0.05, 0) is 36.0 Å². The Morgan fingerprint density at radius 2 is 2.00 bits per heavy atom. The van der Waals surface area contributed by atoms with Gasteiger partial charge < -0.3 is 0 Å². The first-order valence-electron chi connectivity index (χ1n) is 4.89. The molecule has 0 radical (unpaired) electrons. The highest BCUT2D eigenvalue weighted by Crippen LogP contribution is 2.62. The van der Waals surface area contributed by atoms with E-state index in [1.54, 1.807) is 0 Å². The Hall–Kier alpha value is -0.0800. The van der Waals surface area contributed by atoms with Gasteiger partial charge in [0.1, 0.15) is 0 Å². The van der Waals surface area contributed by atoms with Crippen molar-refractivity contribution in [2.45, 2.75) is 39.7 Å². The van der Waals surface area contributed by atoms with E-state index in [1.165, 1.54) is 12.8 Å². The van der Waals surface area contributed by atoms with Crippen molar-refractivity contribution in [3.8, 4) is 0 Å². The number of rotatable bonds is 1. The van der Waals surface area contributed by atoms with Gasteiger partial charge in [-0.25, -0.2) is 4.89 Å². The lowest BCUT2D eigenvalue weighted by Gasteiger charge is -2.63. The third-order valence-electron chi connectivity index (χ3n) is 4.23. The minimum absolute atomic E-state index is 0.128. The second kappa shape index (κ2) is 2.46. The van der Waals surface area contributed by atoms with E-state index >= 15 is 0 Å². The van der Waals surface area contributed by atoms with Crippen LogP contribution in [-0.4, -0.2) is 11.4 Å². The molecule has 4 atom stereocenters. The number of fused-ring (bicyclic) bond motifs is 2. The maximum Gasteiger partial charge on any atom is 0.0996 e. The molecule has 0 aliphatic heterocycles. The van der Waals surface area contributed by atoms with Crippen molar-refractivity contribution < 1.29 is 10.1 Å². The van der Waals surface area contributed by atoms with Gasteiger partial charge in [-0.15, -0.1) is 0 Å². The molecule has 0 aromatic carbocycles. The molecule has 0 aromatic rings. The summed E-state index contributed by atoms with van der Waals surface area (Å²) in [5.74, 6) is 1.87. The summed E-state index contributed by atoms with van der Waals surface area (Å²) in [6.07, 6.45) is 2.65. The molecule has 12 heavy (non-hydrogen) atoms. The number of hydrogen-bond donors (Lipinski definition) is 1. The van der Waals surface area contributed by atoms with Crippen molar-refractivity contribution >= 4 is 0 Å². The predicted octanol–water partition coefficient (Wildman–Crippen LogP) is 2.55. The summed E-state index contributed by atoms with van der Waals surface area (Å²) < 4.78 is 0. The summed E-state index contributed by atoms with van der Waals surface area (Å²) >= 11 is 0. The van der Waals surface area contributed by atoms with Crippen LogP contribution in [0.4, 0.5) is 0 Å². The van der Waals surface area contributed by atoms with Gasteiger partial charge in [-0.1, -0.05) is 20.8 Å². The molecule has 0 amide bonds. The molecule has 0 heterocycles. The zero-order valence-corrected chi connectivity index (χ0v) is 8.08. The fraction of sp³-hybridized carbons (Fsp3) is 1.00. The topological polar surface area (TPSA) is 29.5 Å². The molecule has 2 heteroatoms. The van der Waals surface area contributed by atoms with Crippen molar-refractivity contribution in [3.05, 3.63) is 0 Å². The van der Waals surface area contributed by atoms with Gasteiger partial charge in [0, 0.05) is 0 Å². The molecule has 4 unspecified atom stereocenters. The Morgan fingerprint density at radius 3 is 2.33 bits per heavy atom. The summed E-state index contributed by atoms with van der Waals surface area (Å²) in [4.78, 5) is 4.56. The average Bonchev–Trinajstić information content (AvgIpc) is 2.01. The van der Waals surface area contributed by atoms with Crippen LogP contribution in [0.25, 0.3) is 0 Å². The van der Waals surface area contributed by atoms with Crippen LogP contribution in [0.2, 0.25) is 0 Å². The molecule has 1 N–H and O–H groups in total. The highest BCUT2D eigenvalue weighted by atomic mass is 17.1. The lowest BCUT2D eigenvalue weighted by Crippen LogP contribution is -2.63. The maximum absolute atomic E-state index is 8.74. The Kier molecular flexibility index (Phi) is 1.74. The second-order valence-corrected chi connectivity index (χ2v) is 5.08. The molecule has 3 aliphatic rings. The van der Waals surface area contributed by atoms with Crippen molar-refractivity contribution in [3.63, 3.8) is 0 Å². The Morgan fingerprint density at radius 1 is 1.33 bits per heavy atom. The third kappa shape index (κ3) is 0.826. The highest BCUT2D eigenvalue weighted by molar-refractivity contribution is 5.08. The minimum Gasteiger partial charge on any atom is -0.252 e. The second-order valence-electron chi connectivity index (χ2n) is 5.08. The molecular weight excluding hydrogens is 152 g/mol. The SMILES string of the molecule is CC1CCC2C(OO)C1C2(C)C. The third-order valence-corrected chi connectivity index (χ3v) is 4.23. The molecule has 0 saturated heterocycles. The molecule has 3 saturated carbocycles. The van der Waals surface area contributed by atoms with Crippen LogP contribution in [0.3, 0.4) is 0 Å². The monoisotopic (exact) mass is 170 g/mol. The average molecular weight is 170 g/mol. The first-order chi connectivity index (χ1) is 5.59. The zero-order chi connectivity index (χ0) is 8.93. The van der Waals surface area contributed by atoms with Crippen molar-refractivity contribution in [1.29, 1.82) is 0 Å². The quantitative estimate of drug-likeness (QED) is 0.484. The fourth-order valence-electron chi connectivity index (χ4n) is 3.58. The Bertz CT molecular complexity index is 188. The standard InChI is InChI=1S/C10H18O2/c1-6-4-5-7-9(12-11)8(6)10(7,2)3/h6-9,11H,4-5H2,1-3H3. The largest absolute Gasteiger partial charge is 0.252 e. The van der Waals surface area contributed by atoms with Crippen LogP contribution < -0.4 is 0 Å². The van der Waals surface area contributed by atoms with E-state index in [4.69, 9.17) is 5.26 Å². The summed E-state index contributed by atoms with van der Waals surface area (Å²) in [7, 11) is 0. The summed E-state index contributed by atoms with van der Waals surface area (Å²) in [5.41, 5.74) is 0.394. The van der Waals surface area contributed by atoms with Crippen LogP contribution in [0, 0.1) is 23.2 Å². The molecule has 0 aromatic heterocycles. The first kappa shape index (κ1) is 8.52. The van der Waals surface area contributed by atoms with Gasteiger partial charge in [-0.3, -0.25) is 5.26 Å². The van der Waals surface area contributed by atoms with Gasteiger partial charge in [-0.2, -0.15) is 0 Å². The van der Waals surface area contributed by atoms with Gasteiger partial charge in [0.15, 0.2) is 0 Å². The Labute approximate surface area is 73.8 Å². The minimum atomic E-state index is 0.128. The molecule has 2 nitrogen and oxygen atoms in total. The molecule has 3 fully saturated rings. The maximum atomic E-state index is 8.74. The van der Waals surface area contributed by atoms with Crippen molar-refractivity contribution in [2.75, 3.05) is 0 Å². The van der Waals surface area contributed by atoms with E-state index in [9.17, 15) is 0 Å². The highest BCUT2D eigenvalue weighted by Gasteiger charge is 2.61. The van der Waals surface area contributed by atoms with E-state index in [0.717, 1.165) is 0 Å². The van der Waals surface area contributed by atoms with E-state index < -0.39 is 0 Å². The molecule has 3 rings (SSSR count).